The summed E-state index contributed by atoms with van der Waals surface area (Å²) in [6.07, 6.45) is 2.03. The van der Waals surface area contributed by atoms with Gasteiger partial charge in [0.05, 0.1) is 0 Å². The van der Waals surface area contributed by atoms with Gasteiger partial charge in [-0.25, -0.2) is 0 Å². The molecule has 4 nitrogen and oxygen atoms in total. The van der Waals surface area contributed by atoms with Gasteiger partial charge in [-0.1, -0.05) is 0 Å². The molecule has 0 unspecified atom stereocenters. The summed E-state index contributed by atoms with van der Waals surface area (Å²) in [6, 6.07) is 15.6. The van der Waals surface area contributed by atoms with Crippen LogP contribution in [0.15, 0.2) is 65.3 Å². The Morgan fingerprint density at radius 3 is 2.24 bits per heavy atom. The number of hydrogen-bond donors (Lipinski definition) is 0. The van der Waals surface area contributed by atoms with Crippen LogP contribution in [0.2, 0.25) is 0 Å². The van der Waals surface area contributed by atoms with Crippen LogP contribution < -0.4 is 12.6 Å². The molecular weight excluding hydrogens is 442 g/mol. The van der Waals surface area contributed by atoms with Gasteiger partial charge in [0, 0.05) is 0 Å². The number of anilines is 1. The zero-order chi connectivity index (χ0) is 18.2. The molecule has 2 radical (unpaired) electrons. The first-order chi connectivity index (χ1) is 12.1. The Morgan fingerprint density at radius 1 is 1.00 bits per heavy atom. The van der Waals surface area contributed by atoms with E-state index < -0.39 is 20.3 Å². The van der Waals surface area contributed by atoms with Gasteiger partial charge in [-0.05, 0) is 0 Å². The maximum atomic E-state index is 6.36. The van der Waals surface area contributed by atoms with Gasteiger partial charge in [-0.3, -0.25) is 0 Å². The molecular formula is C19H21ClN2O2Sn. The Bertz CT molecular complexity index is 778. The van der Waals surface area contributed by atoms with Gasteiger partial charge in [0.15, 0.2) is 0 Å². The van der Waals surface area contributed by atoms with E-state index in [0.717, 1.165) is 34.3 Å². The van der Waals surface area contributed by atoms with E-state index in [1.165, 1.54) is 0 Å². The van der Waals surface area contributed by atoms with Gasteiger partial charge in [0.25, 0.3) is 0 Å². The van der Waals surface area contributed by atoms with E-state index >= 15 is 0 Å². The van der Waals surface area contributed by atoms with Crippen molar-refractivity contribution in [2.45, 2.75) is 13.8 Å². The fourth-order valence-corrected chi connectivity index (χ4v) is 5.28. The van der Waals surface area contributed by atoms with E-state index in [0.29, 0.717) is 0 Å². The van der Waals surface area contributed by atoms with E-state index in [1.54, 1.807) is 14.2 Å². The Balaban J connectivity index is 2.33. The van der Waals surface area contributed by atoms with Crippen LogP contribution in [0.3, 0.4) is 0 Å². The molecule has 0 saturated carbocycles. The first-order valence-corrected chi connectivity index (χ1v) is 12.7. The molecule has 130 valence electrons. The first kappa shape index (κ1) is 19.7. The number of rotatable bonds is 7. The van der Waals surface area contributed by atoms with Crippen molar-refractivity contribution in [1.82, 2.24) is 0 Å². The van der Waals surface area contributed by atoms with E-state index in [1.807, 2.05) is 68.5 Å². The molecule has 0 saturated heterocycles. The zero-order valence-corrected chi connectivity index (χ0v) is 18.4. The molecule has 0 aliphatic rings. The quantitative estimate of drug-likeness (QED) is 0.429. The van der Waals surface area contributed by atoms with Crippen molar-refractivity contribution in [1.29, 1.82) is 0 Å². The van der Waals surface area contributed by atoms with Crippen LogP contribution in [0.4, 0.5) is 11.4 Å². The van der Waals surface area contributed by atoms with Crippen LogP contribution in [0.25, 0.3) is 0 Å². The minimum atomic E-state index is -1.29. The van der Waals surface area contributed by atoms with Crippen molar-refractivity contribution in [3.8, 4) is 11.5 Å². The predicted molar refractivity (Wildman–Crippen MR) is 107 cm³/mol. The average Bonchev–Trinajstić information content (AvgIpc) is 2.63. The van der Waals surface area contributed by atoms with Crippen LogP contribution in [-0.4, -0.2) is 40.2 Å². The SMILES string of the molecule is COc1ccccc1N=C(C)/C=C(/C)[N]([Sn][Cl])c1ccccc1OC. The number of benzene rings is 2. The average molecular weight is 464 g/mol. The summed E-state index contributed by atoms with van der Waals surface area (Å²) in [7, 11) is 9.67. The van der Waals surface area contributed by atoms with Gasteiger partial charge in [0.1, 0.15) is 0 Å². The molecule has 0 spiro atoms. The zero-order valence-electron chi connectivity index (χ0n) is 14.8. The molecule has 6 heteroatoms. The molecule has 0 aliphatic carbocycles. The monoisotopic (exact) mass is 464 g/mol. The van der Waals surface area contributed by atoms with Crippen LogP contribution in [0, 0.1) is 0 Å². The van der Waals surface area contributed by atoms with Gasteiger partial charge < -0.3 is 0 Å². The van der Waals surface area contributed by atoms with E-state index in [9.17, 15) is 0 Å². The third-order valence-corrected chi connectivity index (χ3v) is 6.87. The standard InChI is InChI=1S/C19H21N2O2.ClH.Sn/c1-14(20-16-9-5-7-11-18(16)22-3)13-15(2)21-17-10-6-8-12-19(17)23-4;;/h5-13H,1-4H3;1H;/q-1;;+2/p-1/b14-13-,21-15?;;. The number of hydrogen-bond acceptors (Lipinski definition) is 4. The fraction of sp³-hybridized carbons (Fsp3) is 0.211. The number of nitrogens with zero attached hydrogens (tertiary/aromatic N) is 2. The van der Waals surface area contributed by atoms with Crippen molar-refractivity contribution in [3.63, 3.8) is 0 Å². The normalized spacial score (nSPS) is 12.0. The van der Waals surface area contributed by atoms with E-state index in [-0.39, 0.29) is 0 Å². The number of methoxy groups -OCH3 is 2. The number of ether oxygens (including phenoxy) is 2. The van der Waals surface area contributed by atoms with Gasteiger partial charge >= 0.3 is 164 Å². The molecule has 0 aliphatic heterocycles. The van der Waals surface area contributed by atoms with Crippen LogP contribution in [-0.2, 0) is 0 Å². The molecule has 0 bridgehead atoms. The number of allylic oxidation sites excluding steroid dienone is 2. The number of halogens is 1. The summed E-state index contributed by atoms with van der Waals surface area (Å²) in [5.41, 5.74) is 3.72. The second kappa shape index (κ2) is 9.73. The van der Waals surface area contributed by atoms with Crippen molar-refractivity contribution in [2.24, 2.45) is 4.99 Å². The summed E-state index contributed by atoms with van der Waals surface area (Å²) in [5, 5.41) is 0. The summed E-state index contributed by atoms with van der Waals surface area (Å²) in [6.45, 7) is 4.01. The predicted octanol–water partition coefficient (Wildman–Crippen LogP) is 4.98. The van der Waals surface area contributed by atoms with Gasteiger partial charge in [-0.2, -0.15) is 0 Å². The topological polar surface area (TPSA) is 34.1 Å². The van der Waals surface area contributed by atoms with Crippen molar-refractivity contribution >= 4 is 46.3 Å². The van der Waals surface area contributed by atoms with Crippen molar-refractivity contribution < 1.29 is 9.47 Å². The number of aliphatic imine (C=N–C) groups is 1. The Labute approximate surface area is 163 Å². The molecule has 0 N–H and O–H groups in total. The molecule has 0 aromatic heterocycles. The summed E-state index contributed by atoms with van der Waals surface area (Å²) in [4.78, 5) is 4.66. The van der Waals surface area contributed by atoms with Gasteiger partial charge in [-0.15, -0.1) is 0 Å². The molecule has 0 heterocycles. The Morgan fingerprint density at radius 2 is 1.60 bits per heavy atom. The van der Waals surface area contributed by atoms with E-state index in [4.69, 9.17) is 18.4 Å². The third kappa shape index (κ3) is 5.16. The molecule has 25 heavy (non-hydrogen) atoms. The van der Waals surface area contributed by atoms with E-state index in [2.05, 4.69) is 8.11 Å². The first-order valence-electron chi connectivity index (χ1n) is 7.76. The summed E-state index contributed by atoms with van der Waals surface area (Å²) >= 11 is -1.29. The van der Waals surface area contributed by atoms with Crippen molar-refractivity contribution in [3.05, 3.63) is 60.3 Å². The minimum absolute atomic E-state index is 0.753. The molecule has 0 atom stereocenters. The third-order valence-electron chi connectivity index (χ3n) is 3.56. The Hall–Kier alpha value is -1.66. The summed E-state index contributed by atoms with van der Waals surface area (Å²) < 4.78 is 13.0. The second-order valence-corrected chi connectivity index (χ2v) is 8.20. The second-order valence-electron chi connectivity index (χ2n) is 5.30. The van der Waals surface area contributed by atoms with Crippen LogP contribution in [0.5, 0.6) is 11.5 Å². The summed E-state index contributed by atoms with van der Waals surface area (Å²) in [5.74, 6) is 1.57. The molecule has 0 amide bonds. The molecule has 2 aromatic rings. The maximum absolute atomic E-state index is 6.36. The number of para-hydroxylation sites is 4. The van der Waals surface area contributed by atoms with Crippen LogP contribution >= 0.6 is 8.92 Å². The fourth-order valence-electron chi connectivity index (χ4n) is 2.43. The van der Waals surface area contributed by atoms with Gasteiger partial charge in [0.2, 0.25) is 0 Å². The molecule has 2 aromatic carbocycles. The van der Waals surface area contributed by atoms with Crippen LogP contribution in [0.1, 0.15) is 13.8 Å². The molecule has 2 rings (SSSR count). The molecule has 0 fully saturated rings. The van der Waals surface area contributed by atoms with Crippen molar-refractivity contribution in [2.75, 3.05) is 17.3 Å². The Kier molecular flexibility index (Phi) is 7.65.